The Labute approximate surface area is 174 Å². The van der Waals surface area contributed by atoms with E-state index in [1.807, 2.05) is 41.5 Å². The molecule has 0 aromatic heterocycles. The highest BCUT2D eigenvalue weighted by Gasteiger charge is 2.60. The van der Waals surface area contributed by atoms with E-state index in [-0.39, 0.29) is 35.7 Å². The van der Waals surface area contributed by atoms with Crippen LogP contribution in [0.4, 0.5) is 4.79 Å². The second-order valence-electron chi connectivity index (χ2n) is 10.5. The van der Waals surface area contributed by atoms with Gasteiger partial charge in [0.05, 0.1) is 0 Å². The van der Waals surface area contributed by atoms with Crippen LogP contribution in [0.15, 0.2) is 12.7 Å². The Bertz CT molecular complexity index is 677. The molecule has 0 unspecified atom stereocenters. The number of likely N-dealkylation sites (tertiary alicyclic amines) is 1. The summed E-state index contributed by atoms with van der Waals surface area (Å²) >= 11 is 0. The molecule has 1 saturated carbocycles. The molecule has 2 rings (SSSR count). The van der Waals surface area contributed by atoms with E-state index in [1.54, 1.807) is 11.0 Å². The van der Waals surface area contributed by atoms with E-state index in [4.69, 9.17) is 4.74 Å². The molecular formula is C22H37N3O4. The van der Waals surface area contributed by atoms with Crippen molar-refractivity contribution < 1.29 is 19.1 Å². The van der Waals surface area contributed by atoms with Crippen molar-refractivity contribution in [3.05, 3.63) is 12.7 Å². The smallest absolute Gasteiger partial charge is 0.410 e. The molecule has 1 saturated heterocycles. The monoisotopic (exact) mass is 407 g/mol. The van der Waals surface area contributed by atoms with Crippen molar-refractivity contribution in [2.75, 3.05) is 13.1 Å². The largest absolute Gasteiger partial charge is 0.444 e. The molecule has 164 valence electrons. The van der Waals surface area contributed by atoms with E-state index in [0.29, 0.717) is 25.9 Å². The summed E-state index contributed by atoms with van der Waals surface area (Å²) in [7, 11) is 0. The van der Waals surface area contributed by atoms with Gasteiger partial charge in [0, 0.05) is 25.6 Å². The van der Waals surface area contributed by atoms with Crippen LogP contribution in [0.2, 0.25) is 0 Å². The van der Waals surface area contributed by atoms with Gasteiger partial charge in [-0.05, 0) is 72.1 Å². The Morgan fingerprint density at radius 1 is 1.17 bits per heavy atom. The summed E-state index contributed by atoms with van der Waals surface area (Å²) in [5.74, 6) is -0.316. The van der Waals surface area contributed by atoms with E-state index in [1.165, 1.54) is 6.92 Å². The first kappa shape index (κ1) is 23.2. The molecule has 1 aliphatic carbocycles. The van der Waals surface area contributed by atoms with Gasteiger partial charge in [-0.25, -0.2) is 4.79 Å². The number of allylic oxidation sites excluding steroid dienone is 1. The number of carbonyl (C=O) groups excluding carboxylic acids is 3. The lowest BCUT2D eigenvalue weighted by Gasteiger charge is -2.39. The minimum atomic E-state index is -0.997. The van der Waals surface area contributed by atoms with Gasteiger partial charge in [-0.3, -0.25) is 9.59 Å². The Balaban J connectivity index is 2.30. The van der Waals surface area contributed by atoms with Gasteiger partial charge in [0.1, 0.15) is 11.1 Å². The van der Waals surface area contributed by atoms with E-state index in [2.05, 4.69) is 17.2 Å². The number of ether oxygens (including phenoxy) is 1. The van der Waals surface area contributed by atoms with Crippen molar-refractivity contribution in [2.45, 2.75) is 78.0 Å². The van der Waals surface area contributed by atoms with Crippen molar-refractivity contribution in [1.29, 1.82) is 0 Å². The van der Waals surface area contributed by atoms with E-state index >= 15 is 0 Å². The molecular weight excluding hydrogens is 370 g/mol. The number of rotatable bonds is 4. The van der Waals surface area contributed by atoms with Crippen molar-refractivity contribution in [3.63, 3.8) is 0 Å². The third kappa shape index (κ3) is 5.31. The second-order valence-corrected chi connectivity index (χ2v) is 10.5. The Hall–Kier alpha value is -2.05. The van der Waals surface area contributed by atoms with E-state index in [0.717, 1.165) is 0 Å². The molecule has 0 spiro atoms. The number of carbonyl (C=O) groups is 3. The lowest BCUT2D eigenvalue weighted by molar-refractivity contribution is -0.136. The van der Waals surface area contributed by atoms with Crippen molar-refractivity contribution in [3.8, 4) is 0 Å². The van der Waals surface area contributed by atoms with Gasteiger partial charge in [-0.2, -0.15) is 0 Å². The average Bonchev–Trinajstić information content (AvgIpc) is 3.02. The molecule has 1 heterocycles. The quantitative estimate of drug-likeness (QED) is 0.702. The minimum absolute atomic E-state index is 0.0955. The van der Waals surface area contributed by atoms with Crippen LogP contribution in [0.25, 0.3) is 0 Å². The Kier molecular flexibility index (Phi) is 6.40. The molecule has 2 N–H and O–H groups in total. The number of nitrogens with zero attached hydrogens (tertiary/aromatic N) is 1. The van der Waals surface area contributed by atoms with Gasteiger partial charge in [0.2, 0.25) is 11.8 Å². The van der Waals surface area contributed by atoms with E-state index in [9.17, 15) is 14.4 Å². The highest BCUT2D eigenvalue weighted by Crippen LogP contribution is 2.50. The van der Waals surface area contributed by atoms with Gasteiger partial charge >= 0.3 is 6.09 Å². The zero-order valence-corrected chi connectivity index (χ0v) is 18.9. The van der Waals surface area contributed by atoms with Crippen molar-refractivity contribution in [2.24, 2.45) is 17.8 Å². The van der Waals surface area contributed by atoms with Gasteiger partial charge in [0.15, 0.2) is 0 Å². The molecule has 0 aromatic carbocycles. The summed E-state index contributed by atoms with van der Waals surface area (Å²) < 4.78 is 5.53. The molecule has 0 aromatic rings. The molecule has 7 nitrogen and oxygen atoms in total. The highest BCUT2D eigenvalue weighted by molar-refractivity contribution is 5.92. The van der Waals surface area contributed by atoms with Crippen LogP contribution in [-0.2, 0) is 14.3 Å². The topological polar surface area (TPSA) is 87.7 Å². The highest BCUT2D eigenvalue weighted by atomic mass is 16.6. The van der Waals surface area contributed by atoms with Crippen LogP contribution in [0.3, 0.4) is 0 Å². The van der Waals surface area contributed by atoms with E-state index < -0.39 is 16.7 Å². The number of fused-ring (bicyclic) bond motifs is 1. The molecule has 29 heavy (non-hydrogen) atoms. The predicted octanol–water partition coefficient (Wildman–Crippen LogP) is 2.86. The molecule has 3 amide bonds. The van der Waals surface area contributed by atoms with Gasteiger partial charge < -0.3 is 20.3 Å². The minimum Gasteiger partial charge on any atom is -0.444 e. The first-order valence-corrected chi connectivity index (χ1v) is 10.4. The fraction of sp³-hybridized carbons (Fsp3) is 0.773. The lowest BCUT2D eigenvalue weighted by atomic mass is 9.79. The maximum atomic E-state index is 13.4. The number of hydrogen-bond donors (Lipinski definition) is 2. The SMILES string of the molecule is C=CC[C@H]1[C@@H]2CN(C(=O)OC(C)(C)C)C[C@@H]2C[C@@]1(NC(C)=O)C(=O)NC(C)(C)C. The summed E-state index contributed by atoms with van der Waals surface area (Å²) in [5.41, 5.74) is -1.97. The fourth-order valence-electron chi connectivity index (χ4n) is 4.76. The van der Waals surface area contributed by atoms with Crippen LogP contribution < -0.4 is 10.6 Å². The average molecular weight is 408 g/mol. The standard InChI is InChI=1S/C22H37N3O4/c1-9-10-17-16-13-25(19(28)29-21(6,7)8)12-15(16)11-22(17,23-14(2)26)18(27)24-20(3,4)5/h9,15-17H,1,10-13H2,2-8H3,(H,23,26)(H,24,27)/t15-,16+,17-,22-/m0/s1. The van der Waals surface area contributed by atoms with Crippen LogP contribution in [0.1, 0.15) is 61.3 Å². The first-order valence-electron chi connectivity index (χ1n) is 10.4. The third-order valence-electron chi connectivity index (χ3n) is 5.59. The predicted molar refractivity (Wildman–Crippen MR) is 112 cm³/mol. The molecule has 2 aliphatic rings. The van der Waals surface area contributed by atoms with Crippen LogP contribution in [-0.4, -0.2) is 52.6 Å². The van der Waals surface area contributed by atoms with Gasteiger partial charge in [0.25, 0.3) is 0 Å². The fourth-order valence-corrected chi connectivity index (χ4v) is 4.76. The first-order chi connectivity index (χ1) is 13.2. The normalized spacial score (nSPS) is 29.2. The Morgan fingerprint density at radius 2 is 1.79 bits per heavy atom. The number of nitrogens with one attached hydrogen (secondary N) is 2. The maximum absolute atomic E-state index is 13.4. The van der Waals surface area contributed by atoms with Gasteiger partial charge in [-0.1, -0.05) is 6.08 Å². The zero-order valence-electron chi connectivity index (χ0n) is 18.9. The molecule has 0 bridgehead atoms. The second kappa shape index (κ2) is 8.00. The zero-order chi connectivity index (χ0) is 22.2. The van der Waals surface area contributed by atoms with Crippen LogP contribution >= 0.6 is 0 Å². The summed E-state index contributed by atoms with van der Waals surface area (Å²) in [4.78, 5) is 39.7. The molecule has 0 radical (unpaired) electrons. The summed E-state index contributed by atoms with van der Waals surface area (Å²) in [6.45, 7) is 17.7. The van der Waals surface area contributed by atoms with Crippen molar-refractivity contribution in [1.82, 2.24) is 15.5 Å². The molecule has 1 aliphatic heterocycles. The number of amides is 3. The summed E-state index contributed by atoms with van der Waals surface area (Å²) in [6.07, 6.45) is 2.55. The summed E-state index contributed by atoms with van der Waals surface area (Å²) in [5, 5.41) is 6.05. The maximum Gasteiger partial charge on any atom is 0.410 e. The lowest BCUT2D eigenvalue weighted by Crippen LogP contribution is -2.64. The van der Waals surface area contributed by atoms with Crippen LogP contribution in [0.5, 0.6) is 0 Å². The Morgan fingerprint density at radius 3 is 2.28 bits per heavy atom. The van der Waals surface area contributed by atoms with Crippen molar-refractivity contribution >= 4 is 17.9 Å². The molecule has 4 atom stereocenters. The summed E-state index contributed by atoms with van der Waals surface area (Å²) in [6, 6.07) is 0. The molecule has 2 fully saturated rings. The van der Waals surface area contributed by atoms with Crippen LogP contribution in [0, 0.1) is 17.8 Å². The van der Waals surface area contributed by atoms with Gasteiger partial charge in [-0.15, -0.1) is 6.58 Å². The third-order valence-corrected chi connectivity index (χ3v) is 5.59. The number of hydrogen-bond acceptors (Lipinski definition) is 4. The molecule has 7 heteroatoms.